The molecule has 0 bridgehead atoms. The first-order chi connectivity index (χ1) is 15.6. The second-order valence-electron chi connectivity index (χ2n) is 9.32. The Kier molecular flexibility index (Phi) is 5.76. The van der Waals surface area contributed by atoms with E-state index in [1.165, 1.54) is 12.8 Å². The normalized spacial score (nSPS) is 20.7. The van der Waals surface area contributed by atoms with Crippen molar-refractivity contribution in [3.8, 4) is 0 Å². The van der Waals surface area contributed by atoms with Crippen LogP contribution in [0.3, 0.4) is 0 Å². The summed E-state index contributed by atoms with van der Waals surface area (Å²) in [7, 11) is 0. The van der Waals surface area contributed by atoms with Crippen LogP contribution in [0.5, 0.6) is 0 Å². The van der Waals surface area contributed by atoms with E-state index in [-0.39, 0.29) is 28.8 Å². The summed E-state index contributed by atoms with van der Waals surface area (Å²) in [6.45, 7) is 3.88. The van der Waals surface area contributed by atoms with Gasteiger partial charge >= 0.3 is 0 Å². The number of likely N-dealkylation sites (tertiary alicyclic amines) is 1. The van der Waals surface area contributed by atoms with Gasteiger partial charge in [-0.2, -0.15) is 0 Å². The lowest BCUT2D eigenvalue weighted by Crippen LogP contribution is -2.44. The first-order valence-electron chi connectivity index (χ1n) is 11.7. The van der Waals surface area contributed by atoms with Crippen molar-refractivity contribution in [1.29, 1.82) is 0 Å². The molecule has 1 saturated carbocycles. The van der Waals surface area contributed by atoms with E-state index in [2.05, 4.69) is 37.3 Å². The fourth-order valence-corrected chi connectivity index (χ4v) is 5.52. The monoisotopic (exact) mass is 434 g/mol. The molecule has 1 aliphatic heterocycles. The van der Waals surface area contributed by atoms with Crippen LogP contribution in [0.4, 0.5) is 0 Å². The van der Waals surface area contributed by atoms with Crippen molar-refractivity contribution in [2.75, 3.05) is 13.1 Å². The van der Waals surface area contributed by atoms with Gasteiger partial charge < -0.3 is 9.88 Å². The Morgan fingerprint density at radius 2 is 1.94 bits per heavy atom. The molecular weight excluding hydrogens is 404 g/mol. The van der Waals surface area contributed by atoms with Gasteiger partial charge in [-0.05, 0) is 50.0 Å². The number of H-pyrrole nitrogens is 1. The largest absolute Gasteiger partial charge is 0.342 e. The van der Waals surface area contributed by atoms with Gasteiger partial charge in [0.05, 0.1) is 5.92 Å². The Morgan fingerprint density at radius 1 is 1.16 bits per heavy atom. The second-order valence-corrected chi connectivity index (χ2v) is 9.32. The molecule has 0 radical (unpaired) electrons. The van der Waals surface area contributed by atoms with Crippen molar-refractivity contribution >= 4 is 17.1 Å². The maximum absolute atomic E-state index is 13.8. The number of piperidine rings is 1. The number of aromatic nitrogens is 5. The number of carbonyl (C=O) groups is 1. The fourth-order valence-electron chi connectivity index (χ4n) is 5.52. The molecule has 8 nitrogen and oxygen atoms in total. The quantitative estimate of drug-likeness (QED) is 0.666. The third-order valence-corrected chi connectivity index (χ3v) is 7.05. The lowest BCUT2D eigenvalue weighted by Gasteiger charge is -2.36. The second kappa shape index (κ2) is 8.84. The summed E-state index contributed by atoms with van der Waals surface area (Å²) < 4.78 is 1.72. The molecule has 5 rings (SSSR count). The van der Waals surface area contributed by atoms with E-state index in [0.717, 1.165) is 37.8 Å². The SMILES string of the molecule is Cc1nc2c(nnn2C[C@@H]2CCCN(C(=O)C(c3ccccc3)C3CCCC3)C2)c(=O)[nH]1. The van der Waals surface area contributed by atoms with E-state index in [0.29, 0.717) is 30.5 Å². The highest BCUT2D eigenvalue weighted by atomic mass is 16.2. The Hall–Kier alpha value is -3.03. The van der Waals surface area contributed by atoms with E-state index >= 15 is 0 Å². The van der Waals surface area contributed by atoms with E-state index in [9.17, 15) is 9.59 Å². The van der Waals surface area contributed by atoms with Crippen molar-refractivity contribution in [2.45, 2.75) is 57.9 Å². The zero-order valence-corrected chi connectivity index (χ0v) is 18.5. The number of hydrogen-bond donors (Lipinski definition) is 1. The molecule has 0 spiro atoms. The summed E-state index contributed by atoms with van der Waals surface area (Å²) in [4.78, 5) is 35.1. The van der Waals surface area contributed by atoms with Crippen molar-refractivity contribution in [3.05, 3.63) is 52.1 Å². The Labute approximate surface area is 187 Å². The third kappa shape index (κ3) is 4.06. The molecular formula is C24H30N6O2. The third-order valence-electron chi connectivity index (χ3n) is 7.05. The van der Waals surface area contributed by atoms with E-state index in [1.807, 2.05) is 18.2 Å². The van der Waals surface area contributed by atoms with E-state index in [4.69, 9.17) is 0 Å². The first kappa shape index (κ1) is 20.8. The highest BCUT2D eigenvalue weighted by Crippen LogP contribution is 2.39. The topological polar surface area (TPSA) is 96.8 Å². The molecule has 1 unspecified atom stereocenters. The maximum atomic E-state index is 13.8. The van der Waals surface area contributed by atoms with Crippen molar-refractivity contribution in [3.63, 3.8) is 0 Å². The number of hydrogen-bond acceptors (Lipinski definition) is 5. The molecule has 1 aliphatic carbocycles. The van der Waals surface area contributed by atoms with Gasteiger partial charge in [-0.15, -0.1) is 5.10 Å². The number of fused-ring (bicyclic) bond motifs is 1. The lowest BCUT2D eigenvalue weighted by molar-refractivity contribution is -0.136. The number of nitrogens with one attached hydrogen (secondary N) is 1. The minimum Gasteiger partial charge on any atom is -0.342 e. The van der Waals surface area contributed by atoms with Gasteiger partial charge in [0.1, 0.15) is 5.82 Å². The predicted molar refractivity (Wildman–Crippen MR) is 121 cm³/mol. The number of carbonyl (C=O) groups excluding carboxylic acids is 1. The summed E-state index contributed by atoms with van der Waals surface area (Å²) in [6, 6.07) is 10.3. The van der Waals surface area contributed by atoms with Crippen LogP contribution in [0.25, 0.3) is 11.2 Å². The molecule has 1 amide bonds. The van der Waals surface area contributed by atoms with Gasteiger partial charge in [0, 0.05) is 19.6 Å². The van der Waals surface area contributed by atoms with Gasteiger partial charge in [-0.1, -0.05) is 48.4 Å². The Bertz CT molecular complexity index is 1150. The van der Waals surface area contributed by atoms with Gasteiger partial charge in [-0.25, -0.2) is 9.67 Å². The van der Waals surface area contributed by atoms with E-state index in [1.54, 1.807) is 11.6 Å². The molecule has 3 heterocycles. The van der Waals surface area contributed by atoms with Crippen LogP contribution in [0.15, 0.2) is 35.1 Å². The molecule has 2 fully saturated rings. The summed E-state index contributed by atoms with van der Waals surface area (Å²) in [5, 5.41) is 8.21. The summed E-state index contributed by atoms with van der Waals surface area (Å²) in [5.41, 5.74) is 1.67. The molecule has 1 N–H and O–H groups in total. The van der Waals surface area contributed by atoms with Crippen LogP contribution >= 0.6 is 0 Å². The lowest BCUT2D eigenvalue weighted by atomic mass is 9.83. The van der Waals surface area contributed by atoms with Crippen molar-refractivity contribution in [1.82, 2.24) is 29.9 Å². The highest BCUT2D eigenvalue weighted by Gasteiger charge is 2.36. The number of rotatable bonds is 5. The number of aryl methyl sites for hydroxylation is 1. The van der Waals surface area contributed by atoms with Crippen molar-refractivity contribution < 1.29 is 4.79 Å². The highest BCUT2D eigenvalue weighted by molar-refractivity contribution is 5.84. The van der Waals surface area contributed by atoms with Gasteiger partial charge in [0.25, 0.3) is 5.56 Å². The van der Waals surface area contributed by atoms with Crippen molar-refractivity contribution in [2.24, 2.45) is 11.8 Å². The first-order valence-corrected chi connectivity index (χ1v) is 11.7. The summed E-state index contributed by atoms with van der Waals surface area (Å²) in [6.07, 6.45) is 6.69. The Balaban J connectivity index is 1.35. The molecule has 2 atom stereocenters. The van der Waals surface area contributed by atoms with Gasteiger partial charge in [-0.3, -0.25) is 9.59 Å². The zero-order valence-electron chi connectivity index (χ0n) is 18.5. The predicted octanol–water partition coefficient (Wildman–Crippen LogP) is 3.04. The standard InChI is InChI=1S/C24H30N6O2/c1-16-25-22-21(23(31)26-16)27-28-30(22)15-17-8-7-13-29(14-17)24(32)20(19-11-5-6-12-19)18-9-3-2-4-10-18/h2-4,9-10,17,19-20H,5-8,11-15H2,1H3,(H,25,26,31)/t17-,20?/m1/s1. The molecule has 8 heteroatoms. The van der Waals surface area contributed by atoms with Crippen LogP contribution < -0.4 is 5.56 Å². The van der Waals surface area contributed by atoms with Crippen LogP contribution in [-0.2, 0) is 11.3 Å². The zero-order chi connectivity index (χ0) is 22.1. The molecule has 3 aromatic rings. The van der Waals surface area contributed by atoms with Gasteiger partial charge in [0.2, 0.25) is 5.91 Å². The van der Waals surface area contributed by atoms with E-state index < -0.39 is 0 Å². The molecule has 2 aromatic heterocycles. The molecule has 1 saturated heterocycles. The minimum absolute atomic E-state index is 0.0486. The number of benzene rings is 1. The average molecular weight is 435 g/mol. The number of amides is 1. The smallest absolute Gasteiger partial charge is 0.281 e. The van der Waals surface area contributed by atoms with Crippen LogP contribution in [0, 0.1) is 18.8 Å². The Morgan fingerprint density at radius 3 is 2.72 bits per heavy atom. The minimum atomic E-state index is -0.263. The molecule has 168 valence electrons. The number of nitrogens with zero attached hydrogens (tertiary/aromatic N) is 5. The molecule has 1 aromatic carbocycles. The average Bonchev–Trinajstić information content (AvgIpc) is 3.46. The molecule has 2 aliphatic rings. The maximum Gasteiger partial charge on any atom is 0.281 e. The van der Waals surface area contributed by atoms with Crippen LogP contribution in [0.1, 0.15) is 55.8 Å². The summed E-state index contributed by atoms with van der Waals surface area (Å²) >= 11 is 0. The summed E-state index contributed by atoms with van der Waals surface area (Å²) in [5.74, 6) is 1.46. The fraction of sp³-hybridized carbons (Fsp3) is 0.542. The van der Waals surface area contributed by atoms with Crippen LogP contribution in [0.2, 0.25) is 0 Å². The molecule has 32 heavy (non-hydrogen) atoms. The van der Waals surface area contributed by atoms with Gasteiger partial charge in [0.15, 0.2) is 11.2 Å². The number of aromatic amines is 1. The van der Waals surface area contributed by atoms with Crippen LogP contribution in [-0.4, -0.2) is 48.9 Å².